The molecule has 0 amide bonds. The predicted octanol–water partition coefficient (Wildman–Crippen LogP) is 4.66. The van der Waals surface area contributed by atoms with Crippen LogP contribution in [0.5, 0.6) is 5.88 Å². The summed E-state index contributed by atoms with van der Waals surface area (Å²) in [6, 6.07) is 11.1. The van der Waals surface area contributed by atoms with Gasteiger partial charge in [0, 0.05) is 11.9 Å². The number of fused-ring (bicyclic) bond motifs is 1. The van der Waals surface area contributed by atoms with Crippen molar-refractivity contribution in [3.05, 3.63) is 65.9 Å². The van der Waals surface area contributed by atoms with Crippen LogP contribution < -0.4 is 5.32 Å². The van der Waals surface area contributed by atoms with E-state index >= 15 is 0 Å². The second-order valence-electron chi connectivity index (χ2n) is 5.88. The lowest BCUT2D eigenvalue weighted by atomic mass is 10.1. The van der Waals surface area contributed by atoms with Gasteiger partial charge < -0.3 is 15.4 Å². The Labute approximate surface area is 147 Å². The molecule has 0 radical (unpaired) electrons. The van der Waals surface area contributed by atoms with E-state index < -0.39 is 11.6 Å². The molecule has 2 aromatic heterocycles. The summed E-state index contributed by atoms with van der Waals surface area (Å²) in [6.07, 6.45) is 1.45. The maximum Gasteiger partial charge on any atom is 0.201 e. The summed E-state index contributed by atoms with van der Waals surface area (Å²) in [5.74, 6) is -1.51. The summed E-state index contributed by atoms with van der Waals surface area (Å²) in [4.78, 5) is 11.1. The maximum absolute atomic E-state index is 14.1. The molecule has 2 heterocycles. The molecule has 0 saturated heterocycles. The first-order valence-corrected chi connectivity index (χ1v) is 7.89. The number of aryl methyl sites for hydroxylation is 1. The molecule has 3 N–H and O–H groups in total. The highest BCUT2D eigenvalue weighted by Gasteiger charge is 2.19. The lowest BCUT2D eigenvalue weighted by molar-refractivity contribution is 0.463. The standard InChI is InChI=1S/C19H14F2N4O/c1-10-5-7-11(8-6-10)23-18-16-14(9-22-19(16)26)24-17(25-18)15-12(20)3-2-4-13(15)21/h2-9,22,26H,1H3,(H,23,24,25). The number of hydrogen-bond acceptors (Lipinski definition) is 4. The SMILES string of the molecule is Cc1ccc(Nc2nc(-c3c(F)cccc3F)nc3c[nH]c(O)c23)cc1. The molecule has 7 heteroatoms. The number of aromatic amines is 1. The number of nitrogens with zero attached hydrogens (tertiary/aromatic N) is 2. The van der Waals surface area contributed by atoms with Gasteiger partial charge in [0.25, 0.3) is 0 Å². The van der Waals surface area contributed by atoms with Gasteiger partial charge in [0.05, 0.1) is 11.1 Å². The molecule has 5 nitrogen and oxygen atoms in total. The zero-order valence-corrected chi connectivity index (χ0v) is 13.7. The Morgan fingerprint density at radius 3 is 2.38 bits per heavy atom. The normalized spacial score (nSPS) is 11.0. The number of hydrogen-bond donors (Lipinski definition) is 3. The summed E-state index contributed by atoms with van der Waals surface area (Å²) < 4.78 is 28.3. The second-order valence-corrected chi connectivity index (χ2v) is 5.88. The van der Waals surface area contributed by atoms with E-state index in [2.05, 4.69) is 20.3 Å². The molecule has 2 aromatic carbocycles. The van der Waals surface area contributed by atoms with Gasteiger partial charge in [0.1, 0.15) is 22.8 Å². The zero-order chi connectivity index (χ0) is 18.3. The van der Waals surface area contributed by atoms with Crippen LogP contribution in [0.2, 0.25) is 0 Å². The fourth-order valence-electron chi connectivity index (χ4n) is 2.71. The lowest BCUT2D eigenvalue weighted by Crippen LogP contribution is -2.01. The smallest absolute Gasteiger partial charge is 0.201 e. The molecule has 0 aliphatic carbocycles. The highest BCUT2D eigenvalue weighted by molar-refractivity contribution is 5.96. The van der Waals surface area contributed by atoms with Crippen LogP contribution >= 0.6 is 0 Å². The van der Waals surface area contributed by atoms with Gasteiger partial charge in [-0.05, 0) is 31.2 Å². The van der Waals surface area contributed by atoms with Crippen molar-refractivity contribution in [3.63, 3.8) is 0 Å². The molecule has 130 valence electrons. The van der Waals surface area contributed by atoms with Crippen LogP contribution in [0.15, 0.2) is 48.7 Å². The molecule has 0 unspecified atom stereocenters. The number of nitrogens with one attached hydrogen (secondary N) is 2. The Kier molecular flexibility index (Phi) is 3.76. The van der Waals surface area contributed by atoms with Crippen LogP contribution in [0.1, 0.15) is 5.56 Å². The molecule has 26 heavy (non-hydrogen) atoms. The molecule has 0 aliphatic heterocycles. The Hall–Kier alpha value is -3.48. The van der Waals surface area contributed by atoms with Gasteiger partial charge in [0.2, 0.25) is 5.88 Å². The van der Waals surface area contributed by atoms with Crippen LogP contribution in [0.4, 0.5) is 20.3 Å². The van der Waals surface area contributed by atoms with Gasteiger partial charge in [-0.2, -0.15) is 0 Å². The number of benzene rings is 2. The van der Waals surface area contributed by atoms with Gasteiger partial charge in [-0.1, -0.05) is 23.8 Å². The van der Waals surface area contributed by atoms with E-state index in [9.17, 15) is 13.9 Å². The van der Waals surface area contributed by atoms with E-state index in [0.717, 1.165) is 23.4 Å². The molecule has 4 aromatic rings. The number of aromatic hydroxyl groups is 1. The summed E-state index contributed by atoms with van der Waals surface area (Å²) in [7, 11) is 0. The predicted molar refractivity (Wildman–Crippen MR) is 95.4 cm³/mol. The minimum atomic E-state index is -0.759. The Bertz CT molecular complexity index is 1090. The van der Waals surface area contributed by atoms with Crippen LogP contribution in [-0.2, 0) is 0 Å². The van der Waals surface area contributed by atoms with Crippen LogP contribution in [-0.4, -0.2) is 20.1 Å². The first kappa shape index (κ1) is 16.0. The fourth-order valence-corrected chi connectivity index (χ4v) is 2.71. The largest absolute Gasteiger partial charge is 0.494 e. The highest BCUT2D eigenvalue weighted by Crippen LogP contribution is 2.34. The van der Waals surface area contributed by atoms with Crippen molar-refractivity contribution in [1.82, 2.24) is 15.0 Å². The monoisotopic (exact) mass is 352 g/mol. The van der Waals surface area contributed by atoms with Crippen molar-refractivity contribution in [2.24, 2.45) is 0 Å². The first-order valence-electron chi connectivity index (χ1n) is 7.89. The van der Waals surface area contributed by atoms with Crippen LogP contribution in [0, 0.1) is 18.6 Å². The summed E-state index contributed by atoms with van der Waals surface area (Å²) in [5.41, 5.74) is 1.82. The fraction of sp³-hybridized carbons (Fsp3) is 0.0526. The van der Waals surface area contributed by atoms with Gasteiger partial charge in [-0.25, -0.2) is 18.7 Å². The number of halogens is 2. The maximum atomic E-state index is 14.1. The summed E-state index contributed by atoms with van der Waals surface area (Å²) in [6.45, 7) is 1.96. The first-order chi connectivity index (χ1) is 12.5. The molecule has 4 rings (SSSR count). The van der Waals surface area contributed by atoms with Gasteiger partial charge >= 0.3 is 0 Å². The minimum Gasteiger partial charge on any atom is -0.494 e. The quantitative estimate of drug-likeness (QED) is 0.501. The Balaban J connectivity index is 1.90. The third kappa shape index (κ3) is 2.73. The molecular formula is C19H14F2N4O. The van der Waals surface area contributed by atoms with E-state index in [-0.39, 0.29) is 23.1 Å². The lowest BCUT2D eigenvalue weighted by Gasteiger charge is -2.10. The van der Waals surface area contributed by atoms with Crippen molar-refractivity contribution in [1.29, 1.82) is 0 Å². The second kappa shape index (κ2) is 6.11. The molecule has 0 fully saturated rings. The van der Waals surface area contributed by atoms with Crippen LogP contribution in [0.25, 0.3) is 22.3 Å². The average Bonchev–Trinajstić information content (AvgIpc) is 2.98. The van der Waals surface area contributed by atoms with Crippen molar-refractivity contribution in [2.45, 2.75) is 6.92 Å². The van der Waals surface area contributed by atoms with Gasteiger partial charge in [0.15, 0.2) is 5.82 Å². The summed E-state index contributed by atoms with van der Waals surface area (Å²) in [5, 5.41) is 13.5. The average molecular weight is 352 g/mol. The molecule has 0 atom stereocenters. The van der Waals surface area contributed by atoms with Gasteiger partial charge in [-0.3, -0.25) is 0 Å². The Morgan fingerprint density at radius 1 is 1.00 bits per heavy atom. The number of anilines is 2. The molecule has 0 saturated carbocycles. The zero-order valence-electron chi connectivity index (χ0n) is 13.7. The number of aromatic nitrogens is 3. The van der Waals surface area contributed by atoms with E-state index in [1.165, 1.54) is 12.3 Å². The molecule has 0 bridgehead atoms. The molecule has 0 aliphatic rings. The van der Waals surface area contributed by atoms with Crippen molar-refractivity contribution >= 4 is 22.4 Å². The molecular weight excluding hydrogens is 338 g/mol. The van der Waals surface area contributed by atoms with Crippen LogP contribution in [0.3, 0.4) is 0 Å². The Morgan fingerprint density at radius 2 is 1.69 bits per heavy atom. The minimum absolute atomic E-state index is 0.110. The van der Waals surface area contributed by atoms with Crippen molar-refractivity contribution < 1.29 is 13.9 Å². The van der Waals surface area contributed by atoms with Crippen molar-refractivity contribution in [3.8, 4) is 17.3 Å². The number of H-pyrrole nitrogens is 1. The van der Waals surface area contributed by atoms with E-state index in [1.807, 2.05) is 31.2 Å². The van der Waals surface area contributed by atoms with E-state index in [4.69, 9.17) is 0 Å². The third-order valence-electron chi connectivity index (χ3n) is 4.02. The topological polar surface area (TPSA) is 73.8 Å². The molecule has 0 spiro atoms. The summed E-state index contributed by atoms with van der Waals surface area (Å²) >= 11 is 0. The van der Waals surface area contributed by atoms with E-state index in [1.54, 1.807) is 0 Å². The van der Waals surface area contributed by atoms with Gasteiger partial charge in [-0.15, -0.1) is 0 Å². The van der Waals surface area contributed by atoms with Crippen molar-refractivity contribution in [2.75, 3.05) is 5.32 Å². The van der Waals surface area contributed by atoms with E-state index in [0.29, 0.717) is 10.9 Å². The third-order valence-corrected chi connectivity index (χ3v) is 4.02. The number of rotatable bonds is 3. The highest BCUT2D eigenvalue weighted by atomic mass is 19.1.